The van der Waals surface area contributed by atoms with Crippen LogP contribution in [0.4, 0.5) is 13.2 Å². The van der Waals surface area contributed by atoms with Crippen molar-refractivity contribution < 1.29 is 27.5 Å². The number of rotatable bonds is 6. The minimum atomic E-state index is -4.59. The molecule has 0 aliphatic carbocycles. The van der Waals surface area contributed by atoms with Crippen LogP contribution < -0.4 is 10.1 Å². The van der Waals surface area contributed by atoms with Gasteiger partial charge in [-0.1, -0.05) is 24.3 Å². The number of methoxy groups -OCH3 is 1. The Balaban J connectivity index is 1.53. The molecule has 9 heteroatoms. The monoisotopic (exact) mass is 449 g/mol. The molecule has 1 unspecified atom stereocenters. The number of alkyl halides is 3. The fourth-order valence-corrected chi connectivity index (χ4v) is 3.65. The molecule has 1 aliphatic rings. The lowest BCUT2D eigenvalue weighted by Crippen LogP contribution is -2.55. The van der Waals surface area contributed by atoms with Crippen LogP contribution in [-0.2, 0) is 17.5 Å². The molecule has 0 bridgehead atoms. The molecule has 1 heterocycles. The minimum absolute atomic E-state index is 0.150. The average Bonchev–Trinajstić information content (AvgIpc) is 2.81. The van der Waals surface area contributed by atoms with E-state index >= 15 is 0 Å². The largest absolute Gasteiger partial charge is 0.497 e. The van der Waals surface area contributed by atoms with Crippen LogP contribution in [-0.4, -0.2) is 60.9 Å². The number of benzene rings is 2. The van der Waals surface area contributed by atoms with E-state index in [0.717, 1.165) is 17.4 Å². The zero-order valence-corrected chi connectivity index (χ0v) is 18.0. The van der Waals surface area contributed by atoms with Gasteiger partial charge in [-0.3, -0.25) is 14.5 Å². The summed E-state index contributed by atoms with van der Waals surface area (Å²) in [4.78, 5) is 28.6. The number of hydrogen-bond acceptors (Lipinski definition) is 4. The van der Waals surface area contributed by atoms with Crippen molar-refractivity contribution in [3.05, 3.63) is 65.2 Å². The summed E-state index contributed by atoms with van der Waals surface area (Å²) < 4.78 is 44.8. The molecule has 1 aliphatic heterocycles. The Morgan fingerprint density at radius 2 is 1.66 bits per heavy atom. The first kappa shape index (κ1) is 23.6. The molecule has 1 saturated heterocycles. The molecule has 1 N–H and O–H groups in total. The molecule has 2 amide bonds. The Bertz CT molecular complexity index is 939. The second-order valence-electron chi connectivity index (χ2n) is 7.61. The van der Waals surface area contributed by atoms with Gasteiger partial charge in [-0.15, -0.1) is 0 Å². The molecule has 0 saturated carbocycles. The quantitative estimate of drug-likeness (QED) is 0.736. The molecule has 0 aromatic heterocycles. The number of carbonyl (C=O) groups is 2. The Labute approximate surface area is 184 Å². The third kappa shape index (κ3) is 5.59. The summed E-state index contributed by atoms with van der Waals surface area (Å²) in [6, 6.07) is 11.8. The van der Waals surface area contributed by atoms with Crippen molar-refractivity contribution in [1.29, 1.82) is 0 Å². The normalized spacial score (nSPS) is 15.8. The van der Waals surface area contributed by atoms with E-state index in [1.54, 1.807) is 14.0 Å². The van der Waals surface area contributed by atoms with Crippen molar-refractivity contribution in [3.63, 3.8) is 0 Å². The third-order valence-corrected chi connectivity index (χ3v) is 5.62. The number of nitrogens with zero attached hydrogens (tertiary/aromatic N) is 2. The van der Waals surface area contributed by atoms with E-state index in [0.29, 0.717) is 19.6 Å². The van der Waals surface area contributed by atoms with E-state index in [1.807, 2.05) is 29.2 Å². The van der Waals surface area contributed by atoms with Crippen LogP contribution in [0.15, 0.2) is 48.5 Å². The fourth-order valence-electron chi connectivity index (χ4n) is 3.65. The van der Waals surface area contributed by atoms with Gasteiger partial charge in [-0.05, 0) is 36.8 Å². The second-order valence-corrected chi connectivity index (χ2v) is 7.61. The van der Waals surface area contributed by atoms with Crippen LogP contribution in [0.2, 0.25) is 0 Å². The van der Waals surface area contributed by atoms with Crippen molar-refractivity contribution in [1.82, 2.24) is 15.1 Å². The topological polar surface area (TPSA) is 61.9 Å². The van der Waals surface area contributed by atoms with Crippen LogP contribution in [0.25, 0.3) is 0 Å². The van der Waals surface area contributed by atoms with E-state index in [9.17, 15) is 22.8 Å². The van der Waals surface area contributed by atoms with Gasteiger partial charge in [0.25, 0.3) is 5.91 Å². The first-order valence-electron chi connectivity index (χ1n) is 10.3. The predicted octanol–water partition coefficient (Wildman–Crippen LogP) is 3.18. The first-order valence-corrected chi connectivity index (χ1v) is 10.3. The summed E-state index contributed by atoms with van der Waals surface area (Å²) in [5.74, 6) is -0.0593. The summed E-state index contributed by atoms with van der Waals surface area (Å²) in [5.41, 5.74) is -0.345. The van der Waals surface area contributed by atoms with Crippen LogP contribution in [0.3, 0.4) is 0 Å². The van der Waals surface area contributed by atoms with Gasteiger partial charge < -0.3 is 15.0 Å². The molecule has 0 spiro atoms. The van der Waals surface area contributed by atoms with Gasteiger partial charge in [0.15, 0.2) is 0 Å². The maximum absolute atomic E-state index is 13.2. The number of piperazine rings is 1. The molecule has 6 nitrogen and oxygen atoms in total. The lowest BCUT2D eigenvalue weighted by Gasteiger charge is -2.37. The fraction of sp³-hybridized carbons (Fsp3) is 0.391. The SMILES string of the molecule is COc1ccc(CNC(=O)C(C)N2CCN(C(=O)c3ccccc3C(F)(F)F)CC2)cc1. The number of amides is 2. The highest BCUT2D eigenvalue weighted by Crippen LogP contribution is 2.32. The molecule has 172 valence electrons. The van der Waals surface area contributed by atoms with Gasteiger partial charge in [-0.25, -0.2) is 0 Å². The van der Waals surface area contributed by atoms with Crippen molar-refractivity contribution in [2.75, 3.05) is 33.3 Å². The van der Waals surface area contributed by atoms with E-state index < -0.39 is 23.7 Å². The van der Waals surface area contributed by atoms with Gasteiger partial charge in [0.1, 0.15) is 5.75 Å². The van der Waals surface area contributed by atoms with Crippen molar-refractivity contribution >= 4 is 11.8 Å². The van der Waals surface area contributed by atoms with E-state index in [2.05, 4.69) is 5.32 Å². The van der Waals surface area contributed by atoms with E-state index in [1.165, 1.54) is 23.1 Å². The van der Waals surface area contributed by atoms with Crippen molar-refractivity contribution in [2.45, 2.75) is 25.7 Å². The zero-order chi connectivity index (χ0) is 23.3. The number of halogens is 3. The van der Waals surface area contributed by atoms with Gasteiger partial charge >= 0.3 is 6.18 Å². The number of hydrogen-bond donors (Lipinski definition) is 1. The smallest absolute Gasteiger partial charge is 0.417 e. The standard InChI is InChI=1S/C23H26F3N3O3/c1-16(21(30)27-15-17-7-9-18(32-2)10-8-17)28-11-13-29(14-12-28)22(31)19-5-3-4-6-20(19)23(24,25)26/h3-10,16H,11-15H2,1-2H3,(H,27,30). The van der Waals surface area contributed by atoms with Gasteiger partial charge in [-0.2, -0.15) is 13.2 Å². The molecule has 2 aromatic carbocycles. The molecule has 1 fully saturated rings. The molecule has 2 aromatic rings. The molecule has 1 atom stereocenters. The molecular formula is C23H26F3N3O3. The molecular weight excluding hydrogens is 423 g/mol. The van der Waals surface area contributed by atoms with Crippen LogP contribution in [0.5, 0.6) is 5.75 Å². The molecule has 3 rings (SSSR count). The average molecular weight is 449 g/mol. The minimum Gasteiger partial charge on any atom is -0.497 e. The van der Waals surface area contributed by atoms with Crippen LogP contribution >= 0.6 is 0 Å². The Kier molecular flexibility index (Phi) is 7.40. The maximum atomic E-state index is 13.2. The molecule has 32 heavy (non-hydrogen) atoms. The number of carbonyl (C=O) groups excluding carboxylic acids is 2. The number of nitrogens with one attached hydrogen (secondary N) is 1. The van der Waals surface area contributed by atoms with Gasteiger partial charge in [0.2, 0.25) is 5.91 Å². The lowest BCUT2D eigenvalue weighted by atomic mass is 10.1. The summed E-state index contributed by atoms with van der Waals surface area (Å²) in [5, 5.41) is 2.89. The first-order chi connectivity index (χ1) is 15.2. The Morgan fingerprint density at radius 3 is 2.25 bits per heavy atom. The van der Waals surface area contributed by atoms with Crippen LogP contribution in [0.1, 0.15) is 28.4 Å². The van der Waals surface area contributed by atoms with E-state index in [4.69, 9.17) is 4.74 Å². The number of ether oxygens (including phenoxy) is 1. The summed E-state index contributed by atoms with van der Waals surface area (Å²) >= 11 is 0. The highest BCUT2D eigenvalue weighted by molar-refractivity contribution is 5.96. The molecule has 0 radical (unpaired) electrons. The third-order valence-electron chi connectivity index (χ3n) is 5.62. The highest BCUT2D eigenvalue weighted by Gasteiger charge is 2.36. The van der Waals surface area contributed by atoms with Gasteiger partial charge in [0, 0.05) is 32.7 Å². The van der Waals surface area contributed by atoms with Gasteiger partial charge in [0.05, 0.1) is 24.3 Å². The maximum Gasteiger partial charge on any atom is 0.417 e. The van der Waals surface area contributed by atoms with E-state index in [-0.39, 0.29) is 24.6 Å². The second kappa shape index (κ2) is 10.0. The zero-order valence-electron chi connectivity index (χ0n) is 18.0. The lowest BCUT2D eigenvalue weighted by molar-refractivity contribution is -0.138. The Morgan fingerprint density at radius 1 is 1.03 bits per heavy atom. The van der Waals surface area contributed by atoms with Crippen molar-refractivity contribution in [3.8, 4) is 5.75 Å². The Hall–Kier alpha value is -3.07. The van der Waals surface area contributed by atoms with Crippen LogP contribution in [0, 0.1) is 0 Å². The highest BCUT2D eigenvalue weighted by atomic mass is 19.4. The summed E-state index contributed by atoms with van der Waals surface area (Å²) in [7, 11) is 1.58. The van der Waals surface area contributed by atoms with Crippen molar-refractivity contribution in [2.24, 2.45) is 0 Å². The summed E-state index contributed by atoms with van der Waals surface area (Å²) in [6.07, 6.45) is -4.59. The summed E-state index contributed by atoms with van der Waals surface area (Å²) in [6.45, 7) is 3.45. The predicted molar refractivity (Wildman–Crippen MR) is 113 cm³/mol.